The van der Waals surface area contributed by atoms with Crippen LogP contribution in [0.2, 0.25) is 0 Å². The van der Waals surface area contributed by atoms with E-state index < -0.39 is 6.61 Å². The van der Waals surface area contributed by atoms with Gasteiger partial charge in [0.1, 0.15) is 5.75 Å². The summed E-state index contributed by atoms with van der Waals surface area (Å²) in [4.78, 5) is 19.7. The van der Waals surface area contributed by atoms with Crippen LogP contribution in [0.25, 0.3) is 0 Å². The molecule has 2 rings (SSSR count). The van der Waals surface area contributed by atoms with Crippen LogP contribution in [0.3, 0.4) is 0 Å². The van der Waals surface area contributed by atoms with Gasteiger partial charge in [-0.3, -0.25) is 9.79 Å². The SMILES string of the molecule is CN=C(NCc1ccc(C(=O)N(C)C)cc1)N(C)Cc1ccc(OC(F)F)cc1.I. The minimum Gasteiger partial charge on any atom is -0.435 e. The summed E-state index contributed by atoms with van der Waals surface area (Å²) in [6, 6.07) is 13.9. The molecule has 0 aliphatic carbocycles. The number of nitrogens with one attached hydrogen (secondary N) is 1. The lowest BCUT2D eigenvalue weighted by molar-refractivity contribution is -0.0498. The molecule has 0 heterocycles. The number of alkyl halides is 2. The zero-order valence-electron chi connectivity index (χ0n) is 17.4. The molecule has 1 N–H and O–H groups in total. The molecule has 0 atom stereocenters. The molecule has 0 unspecified atom stereocenters. The monoisotopic (exact) mass is 532 g/mol. The molecule has 0 fully saturated rings. The third-order valence-corrected chi connectivity index (χ3v) is 4.20. The topological polar surface area (TPSA) is 57.2 Å². The first-order chi connectivity index (χ1) is 13.8. The van der Waals surface area contributed by atoms with Gasteiger partial charge in [-0.2, -0.15) is 8.78 Å². The predicted molar refractivity (Wildman–Crippen MR) is 125 cm³/mol. The number of aliphatic imine (C=N–C) groups is 1. The lowest BCUT2D eigenvalue weighted by Crippen LogP contribution is -2.38. The van der Waals surface area contributed by atoms with E-state index in [0.29, 0.717) is 24.6 Å². The number of benzene rings is 2. The number of rotatable bonds is 7. The van der Waals surface area contributed by atoms with Crippen molar-refractivity contribution < 1.29 is 18.3 Å². The van der Waals surface area contributed by atoms with E-state index in [1.165, 1.54) is 17.0 Å². The zero-order chi connectivity index (χ0) is 21.4. The molecule has 6 nitrogen and oxygen atoms in total. The average Bonchev–Trinajstić information content (AvgIpc) is 2.69. The first-order valence-electron chi connectivity index (χ1n) is 9.06. The summed E-state index contributed by atoms with van der Waals surface area (Å²) in [6.07, 6.45) is 0. The highest BCUT2D eigenvalue weighted by Gasteiger charge is 2.10. The van der Waals surface area contributed by atoms with Gasteiger partial charge in [-0.1, -0.05) is 24.3 Å². The van der Waals surface area contributed by atoms with Crippen LogP contribution >= 0.6 is 24.0 Å². The number of amides is 1. The molecule has 0 aliphatic heterocycles. The summed E-state index contributed by atoms with van der Waals surface area (Å²) in [5.41, 5.74) is 2.59. The second kappa shape index (κ2) is 12.3. The molecule has 0 aromatic heterocycles. The molecule has 0 saturated heterocycles. The van der Waals surface area contributed by atoms with E-state index in [1.54, 1.807) is 45.4 Å². The van der Waals surface area contributed by atoms with Gasteiger partial charge in [0.15, 0.2) is 5.96 Å². The molecular weight excluding hydrogens is 505 g/mol. The maximum Gasteiger partial charge on any atom is 0.387 e. The van der Waals surface area contributed by atoms with E-state index in [2.05, 4.69) is 15.0 Å². The molecule has 9 heteroatoms. The Hall–Kier alpha value is -2.43. The smallest absolute Gasteiger partial charge is 0.387 e. The molecule has 0 bridgehead atoms. The first-order valence-corrected chi connectivity index (χ1v) is 9.06. The standard InChI is InChI=1S/C21H26F2N4O2.HI/c1-24-21(25-13-15-5-9-17(10-6-15)19(28)26(2)3)27(4)14-16-7-11-18(12-8-16)29-20(22)23;/h5-12,20H,13-14H2,1-4H3,(H,24,25);1H. The third-order valence-electron chi connectivity index (χ3n) is 4.20. The van der Waals surface area contributed by atoms with E-state index in [-0.39, 0.29) is 35.6 Å². The van der Waals surface area contributed by atoms with Crippen LogP contribution < -0.4 is 10.1 Å². The van der Waals surface area contributed by atoms with Gasteiger partial charge in [0.2, 0.25) is 0 Å². The van der Waals surface area contributed by atoms with Crippen molar-refractivity contribution in [3.63, 3.8) is 0 Å². The van der Waals surface area contributed by atoms with Gasteiger partial charge < -0.3 is 19.9 Å². The number of carbonyl (C=O) groups excluding carboxylic acids is 1. The van der Waals surface area contributed by atoms with Crippen molar-refractivity contribution in [1.82, 2.24) is 15.1 Å². The van der Waals surface area contributed by atoms with Gasteiger partial charge in [-0.25, -0.2) is 0 Å². The Morgan fingerprint density at radius 2 is 1.60 bits per heavy atom. The van der Waals surface area contributed by atoms with Crippen LogP contribution in [0.4, 0.5) is 8.78 Å². The van der Waals surface area contributed by atoms with Crippen molar-refractivity contribution in [2.24, 2.45) is 4.99 Å². The lowest BCUT2D eigenvalue weighted by atomic mass is 10.1. The maximum atomic E-state index is 12.2. The Morgan fingerprint density at radius 1 is 1.03 bits per heavy atom. The highest BCUT2D eigenvalue weighted by atomic mass is 127. The molecule has 0 aliphatic rings. The molecule has 2 aromatic carbocycles. The Kier molecular flexibility index (Phi) is 10.5. The van der Waals surface area contributed by atoms with E-state index in [4.69, 9.17) is 0 Å². The van der Waals surface area contributed by atoms with Gasteiger partial charge >= 0.3 is 6.61 Å². The molecule has 164 valence electrons. The number of ether oxygens (including phenoxy) is 1. The van der Waals surface area contributed by atoms with E-state index in [0.717, 1.165) is 11.1 Å². The minimum atomic E-state index is -2.83. The summed E-state index contributed by atoms with van der Waals surface area (Å²) in [5.74, 6) is 0.779. The predicted octanol–water partition coefficient (Wildman–Crippen LogP) is 3.82. The number of hydrogen-bond acceptors (Lipinski definition) is 3. The maximum absolute atomic E-state index is 12.2. The van der Waals surface area contributed by atoms with Crippen LogP contribution in [0.5, 0.6) is 5.75 Å². The normalized spacial score (nSPS) is 11.0. The van der Waals surface area contributed by atoms with Crippen molar-refractivity contribution in [1.29, 1.82) is 0 Å². The number of nitrogens with zero attached hydrogens (tertiary/aromatic N) is 3. The number of guanidine groups is 1. The Morgan fingerprint density at radius 3 is 2.10 bits per heavy atom. The summed E-state index contributed by atoms with van der Waals surface area (Å²) in [6.45, 7) is -1.74. The first kappa shape index (κ1) is 25.6. The second-order valence-electron chi connectivity index (χ2n) is 6.68. The molecule has 0 saturated carbocycles. The highest BCUT2D eigenvalue weighted by Crippen LogP contribution is 2.16. The Labute approximate surface area is 192 Å². The van der Waals surface area contributed by atoms with E-state index >= 15 is 0 Å². The number of halogens is 3. The van der Waals surface area contributed by atoms with Crippen molar-refractivity contribution in [3.8, 4) is 5.75 Å². The Bertz CT molecular complexity index is 828. The zero-order valence-corrected chi connectivity index (χ0v) is 19.8. The Balaban J connectivity index is 0.00000450. The van der Waals surface area contributed by atoms with Crippen LogP contribution in [-0.2, 0) is 13.1 Å². The third kappa shape index (κ3) is 7.77. The van der Waals surface area contributed by atoms with E-state index in [1.807, 2.05) is 24.1 Å². The summed E-state index contributed by atoms with van der Waals surface area (Å²) < 4.78 is 28.8. The average molecular weight is 532 g/mol. The van der Waals surface area contributed by atoms with Crippen LogP contribution in [0.15, 0.2) is 53.5 Å². The molecule has 1 amide bonds. The fraction of sp³-hybridized carbons (Fsp3) is 0.333. The minimum absolute atomic E-state index is 0. The second-order valence-corrected chi connectivity index (χ2v) is 6.68. The van der Waals surface area contributed by atoms with Crippen molar-refractivity contribution in [2.45, 2.75) is 19.7 Å². The number of hydrogen-bond donors (Lipinski definition) is 1. The van der Waals surface area contributed by atoms with Crippen LogP contribution in [-0.4, -0.2) is 56.5 Å². The molecule has 2 aromatic rings. The largest absolute Gasteiger partial charge is 0.435 e. The summed E-state index contributed by atoms with van der Waals surface area (Å²) in [5, 5.41) is 3.27. The van der Waals surface area contributed by atoms with Crippen LogP contribution in [0.1, 0.15) is 21.5 Å². The summed E-state index contributed by atoms with van der Waals surface area (Å²) >= 11 is 0. The van der Waals surface area contributed by atoms with Crippen molar-refractivity contribution in [2.75, 3.05) is 28.2 Å². The summed E-state index contributed by atoms with van der Waals surface area (Å²) in [7, 11) is 7.02. The van der Waals surface area contributed by atoms with Gasteiger partial charge in [-0.05, 0) is 35.4 Å². The fourth-order valence-corrected chi connectivity index (χ4v) is 2.71. The van der Waals surface area contributed by atoms with Crippen LogP contribution in [0, 0.1) is 0 Å². The van der Waals surface area contributed by atoms with E-state index in [9.17, 15) is 13.6 Å². The lowest BCUT2D eigenvalue weighted by Gasteiger charge is -2.22. The van der Waals surface area contributed by atoms with Crippen molar-refractivity contribution in [3.05, 3.63) is 65.2 Å². The van der Waals surface area contributed by atoms with Gasteiger partial charge in [0.05, 0.1) is 0 Å². The molecular formula is C21H27F2IN4O2. The molecule has 30 heavy (non-hydrogen) atoms. The molecule has 0 spiro atoms. The molecule has 0 radical (unpaired) electrons. The van der Waals surface area contributed by atoms with Crippen molar-refractivity contribution >= 4 is 35.8 Å². The van der Waals surface area contributed by atoms with Gasteiger partial charge in [0.25, 0.3) is 5.91 Å². The quantitative estimate of drug-likeness (QED) is 0.335. The van der Waals surface area contributed by atoms with Gasteiger partial charge in [0, 0.05) is 46.8 Å². The number of carbonyl (C=O) groups is 1. The van der Waals surface area contributed by atoms with Gasteiger partial charge in [-0.15, -0.1) is 24.0 Å². The fourth-order valence-electron chi connectivity index (χ4n) is 2.71. The highest BCUT2D eigenvalue weighted by molar-refractivity contribution is 14.0.